The highest BCUT2D eigenvalue weighted by atomic mass is 32.2. The van der Waals surface area contributed by atoms with Crippen LogP contribution in [-0.4, -0.2) is 21.4 Å². The van der Waals surface area contributed by atoms with E-state index in [1.165, 1.54) is 23.1 Å². The number of aromatic nitrogens is 2. The van der Waals surface area contributed by atoms with Gasteiger partial charge in [-0.1, -0.05) is 30.0 Å². The van der Waals surface area contributed by atoms with Crippen molar-refractivity contribution in [2.45, 2.75) is 24.3 Å². The van der Waals surface area contributed by atoms with Crippen LogP contribution in [0.15, 0.2) is 51.4 Å². The molecule has 1 amide bonds. The van der Waals surface area contributed by atoms with E-state index in [9.17, 15) is 4.79 Å². The summed E-state index contributed by atoms with van der Waals surface area (Å²) in [5, 5.41) is 12.9. The smallest absolute Gasteiger partial charge is 0.277 e. The summed E-state index contributed by atoms with van der Waals surface area (Å²) in [7, 11) is 0. The molecule has 3 rings (SSSR count). The predicted molar refractivity (Wildman–Crippen MR) is 92.7 cm³/mol. The first kappa shape index (κ1) is 15.8. The number of carbonyl (C=O) groups excluding carboxylic acids is 1. The van der Waals surface area contributed by atoms with E-state index < -0.39 is 0 Å². The van der Waals surface area contributed by atoms with Gasteiger partial charge in [-0.25, -0.2) is 0 Å². The molecule has 1 unspecified atom stereocenters. The third kappa shape index (κ3) is 4.00. The summed E-state index contributed by atoms with van der Waals surface area (Å²) in [4.78, 5) is 13.2. The molecule has 0 saturated heterocycles. The summed E-state index contributed by atoms with van der Waals surface area (Å²) < 4.78 is 5.59. The van der Waals surface area contributed by atoms with Gasteiger partial charge in [0.05, 0.1) is 10.1 Å². The zero-order valence-electron chi connectivity index (χ0n) is 12.6. The lowest BCUT2D eigenvalue weighted by Crippen LogP contribution is -2.22. The van der Waals surface area contributed by atoms with Gasteiger partial charge >= 0.3 is 0 Å². The number of hydrogen-bond acceptors (Lipinski definition) is 6. The fraction of sp³-hybridized carbons (Fsp3) is 0.188. The average molecular weight is 345 g/mol. The molecule has 23 heavy (non-hydrogen) atoms. The average Bonchev–Trinajstić information content (AvgIpc) is 3.17. The Kier molecular flexibility index (Phi) is 4.78. The first-order valence-corrected chi connectivity index (χ1v) is 8.79. The molecule has 0 aliphatic rings. The Bertz CT molecular complexity index is 799. The van der Waals surface area contributed by atoms with Crippen LogP contribution in [0.1, 0.15) is 12.5 Å². The second-order valence-corrected chi connectivity index (χ2v) is 7.21. The maximum atomic E-state index is 12.2. The molecule has 1 aromatic carbocycles. The van der Waals surface area contributed by atoms with Gasteiger partial charge in [-0.2, -0.15) is 0 Å². The fourth-order valence-corrected chi connectivity index (χ4v) is 3.26. The number of benzene rings is 1. The molecule has 3 aromatic rings. The largest absolute Gasteiger partial charge is 0.410 e. The van der Waals surface area contributed by atoms with Crippen LogP contribution in [0.3, 0.4) is 0 Å². The number of amides is 1. The number of aryl methyl sites for hydroxylation is 1. The van der Waals surface area contributed by atoms with Crippen LogP contribution in [0.25, 0.3) is 10.8 Å². The lowest BCUT2D eigenvalue weighted by molar-refractivity contribution is -0.115. The minimum Gasteiger partial charge on any atom is -0.410 e. The first-order chi connectivity index (χ1) is 11.1. The topological polar surface area (TPSA) is 68.0 Å². The number of hydrogen-bond donors (Lipinski definition) is 1. The van der Waals surface area contributed by atoms with Gasteiger partial charge in [0.2, 0.25) is 5.91 Å². The summed E-state index contributed by atoms with van der Waals surface area (Å²) >= 11 is 2.78. The molecular weight excluding hydrogens is 330 g/mol. The van der Waals surface area contributed by atoms with Crippen molar-refractivity contribution in [2.24, 2.45) is 0 Å². The van der Waals surface area contributed by atoms with Crippen LogP contribution in [0, 0.1) is 6.92 Å². The van der Waals surface area contributed by atoms with Gasteiger partial charge < -0.3 is 9.73 Å². The van der Waals surface area contributed by atoms with E-state index in [-0.39, 0.29) is 11.2 Å². The molecular formula is C16H15N3O2S2. The van der Waals surface area contributed by atoms with E-state index in [1.54, 1.807) is 0 Å². The molecule has 0 spiro atoms. The van der Waals surface area contributed by atoms with Crippen molar-refractivity contribution in [2.75, 3.05) is 5.32 Å². The van der Waals surface area contributed by atoms with E-state index in [1.807, 2.05) is 55.6 Å². The third-order valence-corrected chi connectivity index (χ3v) is 4.86. The quantitative estimate of drug-likeness (QED) is 0.701. The summed E-state index contributed by atoms with van der Waals surface area (Å²) in [6.45, 7) is 3.79. The minimum atomic E-state index is -0.341. The standard InChI is InChI=1S/C16H15N3O2S2/c1-10-5-3-6-12(9-10)17-14(20)11(2)23-16-19-18-15(21-16)13-7-4-8-22-13/h3-9,11H,1-2H3,(H,17,20). The molecule has 0 aliphatic carbocycles. The van der Waals surface area contributed by atoms with Crippen LogP contribution in [-0.2, 0) is 4.79 Å². The number of nitrogens with one attached hydrogen (secondary N) is 1. The molecule has 1 N–H and O–H groups in total. The van der Waals surface area contributed by atoms with E-state index >= 15 is 0 Å². The zero-order valence-corrected chi connectivity index (χ0v) is 14.3. The van der Waals surface area contributed by atoms with Gasteiger partial charge in [0.1, 0.15) is 0 Å². The zero-order chi connectivity index (χ0) is 16.2. The Morgan fingerprint density at radius 1 is 1.30 bits per heavy atom. The second kappa shape index (κ2) is 6.97. The molecule has 0 aliphatic heterocycles. The predicted octanol–water partition coefficient (Wildman–Crippen LogP) is 4.23. The summed E-state index contributed by atoms with van der Waals surface area (Å²) in [5.41, 5.74) is 1.88. The monoisotopic (exact) mass is 345 g/mol. The first-order valence-electron chi connectivity index (χ1n) is 7.03. The molecule has 0 saturated carbocycles. The van der Waals surface area contributed by atoms with Gasteiger partial charge in [-0.15, -0.1) is 21.5 Å². The van der Waals surface area contributed by atoms with Crippen LogP contribution < -0.4 is 5.32 Å². The molecule has 1 atom stereocenters. The van der Waals surface area contributed by atoms with Crippen molar-refractivity contribution in [1.82, 2.24) is 10.2 Å². The Balaban J connectivity index is 1.62. The summed E-state index contributed by atoms with van der Waals surface area (Å²) in [6, 6.07) is 11.5. The van der Waals surface area contributed by atoms with E-state index in [2.05, 4.69) is 15.5 Å². The van der Waals surface area contributed by atoms with Crippen LogP contribution >= 0.6 is 23.1 Å². The second-order valence-electron chi connectivity index (χ2n) is 4.97. The normalized spacial score (nSPS) is 12.1. The van der Waals surface area contributed by atoms with Gasteiger partial charge in [0.25, 0.3) is 11.1 Å². The molecule has 0 radical (unpaired) electrons. The Hall–Kier alpha value is -2.12. The molecule has 0 bridgehead atoms. The molecule has 2 aromatic heterocycles. The van der Waals surface area contributed by atoms with E-state index in [0.29, 0.717) is 11.1 Å². The summed E-state index contributed by atoms with van der Waals surface area (Å²) in [5.74, 6) is 0.380. The highest BCUT2D eigenvalue weighted by molar-refractivity contribution is 8.00. The van der Waals surface area contributed by atoms with Crippen molar-refractivity contribution in [1.29, 1.82) is 0 Å². The fourth-order valence-electron chi connectivity index (χ4n) is 1.93. The van der Waals surface area contributed by atoms with Crippen LogP contribution in [0.2, 0.25) is 0 Å². The van der Waals surface area contributed by atoms with Crippen molar-refractivity contribution in [3.8, 4) is 10.8 Å². The maximum Gasteiger partial charge on any atom is 0.277 e. The van der Waals surface area contributed by atoms with Gasteiger partial charge in [0, 0.05) is 5.69 Å². The third-order valence-electron chi connectivity index (χ3n) is 3.07. The molecule has 7 heteroatoms. The number of carbonyl (C=O) groups is 1. The summed E-state index contributed by atoms with van der Waals surface area (Å²) in [6.07, 6.45) is 0. The number of thioether (sulfide) groups is 1. The maximum absolute atomic E-state index is 12.2. The number of rotatable bonds is 5. The number of thiophene rings is 1. The highest BCUT2D eigenvalue weighted by Gasteiger charge is 2.19. The lowest BCUT2D eigenvalue weighted by atomic mass is 10.2. The van der Waals surface area contributed by atoms with Gasteiger partial charge in [-0.3, -0.25) is 4.79 Å². The van der Waals surface area contributed by atoms with Gasteiger partial charge in [0.15, 0.2) is 0 Å². The van der Waals surface area contributed by atoms with Crippen molar-refractivity contribution < 1.29 is 9.21 Å². The SMILES string of the molecule is Cc1cccc(NC(=O)C(C)Sc2nnc(-c3cccs3)o2)c1. The van der Waals surface area contributed by atoms with Crippen molar-refractivity contribution >= 4 is 34.7 Å². The molecule has 0 fully saturated rings. The van der Waals surface area contributed by atoms with E-state index in [4.69, 9.17) is 4.42 Å². The molecule has 118 valence electrons. The van der Waals surface area contributed by atoms with Crippen molar-refractivity contribution in [3.05, 3.63) is 47.3 Å². The van der Waals surface area contributed by atoms with E-state index in [0.717, 1.165) is 16.1 Å². The van der Waals surface area contributed by atoms with Crippen LogP contribution in [0.5, 0.6) is 0 Å². The number of anilines is 1. The number of nitrogens with zero attached hydrogens (tertiary/aromatic N) is 2. The minimum absolute atomic E-state index is 0.100. The van der Waals surface area contributed by atoms with Crippen LogP contribution in [0.4, 0.5) is 5.69 Å². The van der Waals surface area contributed by atoms with Gasteiger partial charge in [-0.05, 0) is 43.0 Å². The lowest BCUT2D eigenvalue weighted by Gasteiger charge is -2.10. The Labute approximate surface area is 142 Å². The Morgan fingerprint density at radius 3 is 2.91 bits per heavy atom. The van der Waals surface area contributed by atoms with Crippen molar-refractivity contribution in [3.63, 3.8) is 0 Å². The Morgan fingerprint density at radius 2 is 2.17 bits per heavy atom. The molecule has 2 heterocycles. The highest BCUT2D eigenvalue weighted by Crippen LogP contribution is 2.28. The molecule has 5 nitrogen and oxygen atoms in total.